The van der Waals surface area contributed by atoms with E-state index in [9.17, 15) is 8.42 Å². The monoisotopic (exact) mass is 319 g/mol. The minimum Gasteiger partial charge on any atom is -0.343 e. The lowest BCUT2D eigenvalue weighted by Gasteiger charge is -2.16. The molecule has 7 heteroatoms. The Morgan fingerprint density at radius 3 is 2.45 bits per heavy atom. The molecular weight excluding hydrogens is 302 g/mol. The largest absolute Gasteiger partial charge is 0.343 e. The van der Waals surface area contributed by atoms with Crippen molar-refractivity contribution in [3.05, 3.63) is 48.1 Å². The summed E-state index contributed by atoms with van der Waals surface area (Å²) in [6.45, 7) is 0.917. The fourth-order valence-corrected chi connectivity index (χ4v) is 5.08. The number of hydrogen-bond donors (Lipinski definition) is 0. The molecule has 1 aliphatic carbocycles. The lowest BCUT2D eigenvalue weighted by atomic mass is 9.88. The number of rotatable bonds is 4. The van der Waals surface area contributed by atoms with Gasteiger partial charge in [0.2, 0.25) is 16.4 Å². The van der Waals surface area contributed by atoms with Crippen molar-refractivity contribution < 1.29 is 12.9 Å². The normalized spacial score (nSPS) is 26.4. The van der Waals surface area contributed by atoms with Gasteiger partial charge in [0.15, 0.2) is 5.82 Å². The van der Waals surface area contributed by atoms with Gasteiger partial charge in [-0.15, -0.1) is 0 Å². The van der Waals surface area contributed by atoms with Crippen molar-refractivity contribution in [2.24, 2.45) is 0 Å². The SMILES string of the molecule is O=S(=O)(C1CC1)N1C[C@@H](c2ccccc2)[C@H](c2ncon2)C1. The first-order chi connectivity index (χ1) is 10.7. The van der Waals surface area contributed by atoms with Crippen molar-refractivity contribution in [3.63, 3.8) is 0 Å². The van der Waals surface area contributed by atoms with Crippen molar-refractivity contribution in [2.75, 3.05) is 13.1 Å². The second-order valence-electron chi connectivity index (χ2n) is 5.97. The van der Waals surface area contributed by atoms with Crippen LogP contribution in [0, 0.1) is 0 Å². The smallest absolute Gasteiger partial charge is 0.217 e. The van der Waals surface area contributed by atoms with Crippen LogP contribution >= 0.6 is 0 Å². The zero-order chi connectivity index (χ0) is 15.2. The van der Waals surface area contributed by atoms with Crippen LogP contribution in [0.1, 0.15) is 36.1 Å². The minimum atomic E-state index is -3.18. The fourth-order valence-electron chi connectivity index (χ4n) is 3.19. The van der Waals surface area contributed by atoms with E-state index in [4.69, 9.17) is 4.52 Å². The fraction of sp³-hybridized carbons (Fsp3) is 0.467. The van der Waals surface area contributed by atoms with Gasteiger partial charge in [0.1, 0.15) is 0 Å². The average Bonchev–Trinajstić information content (AvgIpc) is 3.09. The lowest BCUT2D eigenvalue weighted by molar-refractivity contribution is 0.401. The van der Waals surface area contributed by atoms with Gasteiger partial charge in [0, 0.05) is 24.9 Å². The molecule has 1 aromatic heterocycles. The predicted octanol–water partition coefficient (Wildman–Crippen LogP) is 1.74. The Labute approximate surface area is 129 Å². The third-order valence-electron chi connectivity index (χ3n) is 4.53. The van der Waals surface area contributed by atoms with Crippen LogP contribution in [0.3, 0.4) is 0 Å². The Kier molecular flexibility index (Phi) is 3.27. The van der Waals surface area contributed by atoms with E-state index in [1.54, 1.807) is 4.31 Å². The third-order valence-corrected chi connectivity index (χ3v) is 6.86. The molecule has 1 saturated carbocycles. The summed E-state index contributed by atoms with van der Waals surface area (Å²) in [6.07, 6.45) is 2.86. The van der Waals surface area contributed by atoms with Crippen LogP contribution in [0.15, 0.2) is 41.2 Å². The Hall–Kier alpha value is -1.73. The van der Waals surface area contributed by atoms with Gasteiger partial charge < -0.3 is 4.52 Å². The predicted molar refractivity (Wildman–Crippen MR) is 79.7 cm³/mol. The number of aromatic nitrogens is 2. The second kappa shape index (κ2) is 5.17. The zero-order valence-electron chi connectivity index (χ0n) is 12.0. The molecule has 0 N–H and O–H groups in total. The van der Waals surface area contributed by atoms with Gasteiger partial charge in [0.05, 0.1) is 5.25 Å². The molecule has 4 rings (SSSR count). The van der Waals surface area contributed by atoms with E-state index in [1.807, 2.05) is 30.3 Å². The molecule has 116 valence electrons. The van der Waals surface area contributed by atoms with Gasteiger partial charge >= 0.3 is 0 Å². The first-order valence-electron chi connectivity index (χ1n) is 7.46. The Balaban J connectivity index is 1.68. The number of sulfonamides is 1. The van der Waals surface area contributed by atoms with Gasteiger partial charge in [0.25, 0.3) is 0 Å². The van der Waals surface area contributed by atoms with Crippen LogP contribution < -0.4 is 0 Å². The van der Waals surface area contributed by atoms with E-state index in [0.717, 1.165) is 18.4 Å². The summed E-state index contributed by atoms with van der Waals surface area (Å²) in [7, 11) is -3.18. The maximum absolute atomic E-state index is 12.5. The highest BCUT2D eigenvalue weighted by Gasteiger charge is 2.47. The molecule has 1 aliphatic heterocycles. The summed E-state index contributed by atoms with van der Waals surface area (Å²) in [5.41, 5.74) is 1.12. The standard InChI is InChI=1S/C15H17N3O3S/c19-22(20,12-6-7-12)18-8-13(11-4-2-1-3-5-11)14(9-18)15-16-10-21-17-15/h1-5,10,12-14H,6-9H2/t13-,14+/m0/s1. The first kappa shape index (κ1) is 13.9. The molecule has 0 radical (unpaired) electrons. The molecule has 2 atom stereocenters. The van der Waals surface area contributed by atoms with E-state index >= 15 is 0 Å². The quantitative estimate of drug-likeness (QED) is 0.858. The van der Waals surface area contributed by atoms with E-state index in [0.29, 0.717) is 18.9 Å². The minimum absolute atomic E-state index is 0.0605. The molecule has 0 bridgehead atoms. The van der Waals surface area contributed by atoms with Crippen LogP contribution in [-0.4, -0.2) is 41.2 Å². The molecule has 0 unspecified atom stereocenters. The van der Waals surface area contributed by atoms with Crippen molar-refractivity contribution in [1.82, 2.24) is 14.4 Å². The summed E-state index contributed by atoms with van der Waals surface area (Å²) in [5.74, 6) is 0.587. The van der Waals surface area contributed by atoms with E-state index in [2.05, 4.69) is 10.1 Å². The number of nitrogens with zero attached hydrogens (tertiary/aromatic N) is 3. The number of benzene rings is 1. The van der Waals surface area contributed by atoms with Gasteiger partial charge in [-0.1, -0.05) is 35.5 Å². The average molecular weight is 319 g/mol. The highest BCUT2D eigenvalue weighted by Crippen LogP contribution is 2.42. The van der Waals surface area contributed by atoms with Gasteiger partial charge in [-0.2, -0.15) is 4.98 Å². The maximum Gasteiger partial charge on any atom is 0.217 e. The lowest BCUT2D eigenvalue weighted by Crippen LogP contribution is -2.32. The molecule has 0 amide bonds. The van der Waals surface area contributed by atoms with Crippen LogP contribution in [0.5, 0.6) is 0 Å². The summed E-state index contributed by atoms with van der Waals surface area (Å²) < 4.78 is 31.6. The van der Waals surface area contributed by atoms with E-state index in [-0.39, 0.29) is 17.1 Å². The van der Waals surface area contributed by atoms with Crippen LogP contribution in [0.2, 0.25) is 0 Å². The highest BCUT2D eigenvalue weighted by atomic mass is 32.2. The van der Waals surface area contributed by atoms with Crippen molar-refractivity contribution in [2.45, 2.75) is 29.9 Å². The van der Waals surface area contributed by atoms with Crippen molar-refractivity contribution >= 4 is 10.0 Å². The molecule has 0 spiro atoms. The Bertz CT molecular complexity index is 742. The van der Waals surface area contributed by atoms with Gasteiger partial charge in [-0.05, 0) is 18.4 Å². The third kappa shape index (κ3) is 2.34. The highest BCUT2D eigenvalue weighted by molar-refractivity contribution is 7.90. The van der Waals surface area contributed by atoms with Gasteiger partial charge in [-0.25, -0.2) is 12.7 Å². The van der Waals surface area contributed by atoms with Crippen molar-refractivity contribution in [3.8, 4) is 0 Å². The molecule has 1 saturated heterocycles. The van der Waals surface area contributed by atoms with Crippen LogP contribution in [0.4, 0.5) is 0 Å². The molecule has 2 aromatic rings. The Morgan fingerprint density at radius 2 is 1.82 bits per heavy atom. The molecule has 22 heavy (non-hydrogen) atoms. The van der Waals surface area contributed by atoms with Gasteiger partial charge in [-0.3, -0.25) is 0 Å². The molecule has 2 aliphatic rings. The summed E-state index contributed by atoms with van der Waals surface area (Å²) in [5, 5.41) is 3.76. The summed E-state index contributed by atoms with van der Waals surface area (Å²) in [6, 6.07) is 9.97. The number of hydrogen-bond acceptors (Lipinski definition) is 5. The maximum atomic E-state index is 12.5. The zero-order valence-corrected chi connectivity index (χ0v) is 12.8. The first-order valence-corrected chi connectivity index (χ1v) is 8.97. The topological polar surface area (TPSA) is 76.3 Å². The van der Waals surface area contributed by atoms with E-state index < -0.39 is 10.0 Å². The van der Waals surface area contributed by atoms with Crippen LogP contribution in [-0.2, 0) is 10.0 Å². The Morgan fingerprint density at radius 1 is 1.09 bits per heavy atom. The summed E-state index contributed by atoms with van der Waals surface area (Å²) in [4.78, 5) is 4.15. The summed E-state index contributed by atoms with van der Waals surface area (Å²) >= 11 is 0. The van der Waals surface area contributed by atoms with E-state index in [1.165, 1.54) is 6.39 Å². The molecular formula is C15H17N3O3S. The molecule has 2 heterocycles. The van der Waals surface area contributed by atoms with Crippen LogP contribution in [0.25, 0.3) is 0 Å². The van der Waals surface area contributed by atoms with Crippen molar-refractivity contribution in [1.29, 1.82) is 0 Å². The molecule has 2 fully saturated rings. The molecule has 1 aromatic carbocycles. The molecule has 6 nitrogen and oxygen atoms in total. The second-order valence-corrected chi connectivity index (χ2v) is 8.19.